The SMILES string of the molecule is CC[C@H](C(=O)N[C@@H](C)CC)N(Cc1ccc(C)cc1)C(=O)CN(c1ccccc1Cl)S(=O)(=O)c1ccc(C)cc1. The molecule has 0 unspecified atom stereocenters. The van der Waals surface area contributed by atoms with Gasteiger partial charge in [-0.2, -0.15) is 0 Å². The molecule has 2 atom stereocenters. The van der Waals surface area contributed by atoms with Crippen molar-refractivity contribution in [2.75, 3.05) is 10.8 Å². The predicted molar refractivity (Wildman–Crippen MR) is 161 cm³/mol. The molecule has 0 aliphatic carbocycles. The maximum Gasteiger partial charge on any atom is 0.264 e. The van der Waals surface area contributed by atoms with Crippen molar-refractivity contribution in [3.63, 3.8) is 0 Å². The fourth-order valence-electron chi connectivity index (χ4n) is 4.26. The third-order valence-electron chi connectivity index (χ3n) is 6.87. The van der Waals surface area contributed by atoms with Crippen LogP contribution >= 0.6 is 11.6 Å². The molecule has 0 aliphatic heterocycles. The van der Waals surface area contributed by atoms with Crippen LogP contribution < -0.4 is 9.62 Å². The van der Waals surface area contributed by atoms with Gasteiger partial charge < -0.3 is 10.2 Å². The summed E-state index contributed by atoms with van der Waals surface area (Å²) in [6.45, 7) is 9.17. The number of anilines is 1. The number of halogens is 1. The zero-order chi connectivity index (χ0) is 29.4. The molecule has 2 amide bonds. The van der Waals surface area contributed by atoms with Crippen molar-refractivity contribution in [3.8, 4) is 0 Å². The largest absolute Gasteiger partial charge is 0.352 e. The van der Waals surface area contributed by atoms with Crippen LogP contribution in [0.25, 0.3) is 0 Å². The van der Waals surface area contributed by atoms with E-state index in [-0.39, 0.29) is 34.1 Å². The van der Waals surface area contributed by atoms with E-state index in [9.17, 15) is 18.0 Å². The first-order valence-electron chi connectivity index (χ1n) is 13.5. The summed E-state index contributed by atoms with van der Waals surface area (Å²) < 4.78 is 28.9. The van der Waals surface area contributed by atoms with E-state index in [1.165, 1.54) is 17.0 Å². The number of carbonyl (C=O) groups is 2. The molecule has 0 saturated carbocycles. The molecule has 214 valence electrons. The number of hydrogen-bond acceptors (Lipinski definition) is 4. The monoisotopic (exact) mass is 583 g/mol. The van der Waals surface area contributed by atoms with E-state index in [1.807, 2.05) is 58.9 Å². The summed E-state index contributed by atoms with van der Waals surface area (Å²) >= 11 is 6.46. The van der Waals surface area contributed by atoms with E-state index in [1.54, 1.807) is 36.4 Å². The number of para-hydroxylation sites is 1. The fraction of sp³-hybridized carbons (Fsp3) is 0.355. The fourth-order valence-corrected chi connectivity index (χ4v) is 5.98. The van der Waals surface area contributed by atoms with E-state index < -0.39 is 28.5 Å². The van der Waals surface area contributed by atoms with Crippen LogP contribution in [0.3, 0.4) is 0 Å². The van der Waals surface area contributed by atoms with Crippen LogP contribution in [0.5, 0.6) is 0 Å². The third-order valence-corrected chi connectivity index (χ3v) is 8.96. The second-order valence-electron chi connectivity index (χ2n) is 10.0. The first kappa shape index (κ1) is 31.2. The molecule has 3 aromatic rings. The summed E-state index contributed by atoms with van der Waals surface area (Å²) in [5, 5.41) is 3.17. The van der Waals surface area contributed by atoms with E-state index in [0.717, 1.165) is 27.4 Å². The van der Waals surface area contributed by atoms with Gasteiger partial charge in [0.25, 0.3) is 10.0 Å². The van der Waals surface area contributed by atoms with Crippen LogP contribution in [-0.4, -0.2) is 43.8 Å². The van der Waals surface area contributed by atoms with Gasteiger partial charge in [0, 0.05) is 12.6 Å². The summed E-state index contributed by atoms with van der Waals surface area (Å²) in [7, 11) is -4.18. The van der Waals surface area contributed by atoms with Crippen molar-refractivity contribution in [2.45, 2.75) is 71.0 Å². The highest BCUT2D eigenvalue weighted by Gasteiger charge is 2.34. The Morgan fingerprint density at radius 3 is 2.00 bits per heavy atom. The van der Waals surface area contributed by atoms with Crippen molar-refractivity contribution in [1.29, 1.82) is 0 Å². The van der Waals surface area contributed by atoms with Gasteiger partial charge in [-0.1, -0.05) is 85.1 Å². The molecule has 1 N–H and O–H groups in total. The average molecular weight is 584 g/mol. The molecule has 3 aromatic carbocycles. The van der Waals surface area contributed by atoms with Gasteiger partial charge in [0.05, 0.1) is 15.6 Å². The smallest absolute Gasteiger partial charge is 0.264 e. The minimum absolute atomic E-state index is 0.0393. The topological polar surface area (TPSA) is 86.8 Å². The second kappa shape index (κ2) is 13.8. The molecule has 0 saturated heterocycles. The summed E-state index contributed by atoms with van der Waals surface area (Å²) in [5.41, 5.74) is 2.99. The van der Waals surface area contributed by atoms with Crippen LogP contribution in [0.4, 0.5) is 5.69 Å². The van der Waals surface area contributed by atoms with E-state index in [4.69, 9.17) is 11.6 Å². The Morgan fingerprint density at radius 1 is 0.875 bits per heavy atom. The quantitative estimate of drug-likeness (QED) is 0.289. The molecule has 0 radical (unpaired) electrons. The summed E-state index contributed by atoms with van der Waals surface area (Å²) in [6.07, 6.45) is 1.10. The molecule has 9 heteroatoms. The second-order valence-corrected chi connectivity index (χ2v) is 12.3. The highest BCUT2D eigenvalue weighted by atomic mass is 35.5. The number of hydrogen-bond donors (Lipinski definition) is 1. The number of sulfonamides is 1. The van der Waals surface area contributed by atoms with Gasteiger partial charge in [-0.25, -0.2) is 8.42 Å². The third kappa shape index (κ3) is 7.64. The molecule has 0 fully saturated rings. The lowest BCUT2D eigenvalue weighted by molar-refractivity contribution is -0.140. The van der Waals surface area contributed by atoms with Crippen molar-refractivity contribution in [2.24, 2.45) is 0 Å². The molecule has 0 aliphatic rings. The zero-order valence-electron chi connectivity index (χ0n) is 23.7. The lowest BCUT2D eigenvalue weighted by Crippen LogP contribution is -2.53. The predicted octanol–water partition coefficient (Wildman–Crippen LogP) is 5.87. The number of aryl methyl sites for hydroxylation is 2. The number of rotatable bonds is 12. The molecular formula is C31H38ClN3O4S. The van der Waals surface area contributed by atoms with Crippen molar-refractivity contribution in [1.82, 2.24) is 10.2 Å². The van der Waals surface area contributed by atoms with Crippen molar-refractivity contribution >= 4 is 39.1 Å². The molecule has 0 bridgehead atoms. The molecule has 0 spiro atoms. The molecular weight excluding hydrogens is 546 g/mol. The molecule has 3 rings (SSSR count). The van der Waals surface area contributed by atoms with Gasteiger partial charge in [0.2, 0.25) is 11.8 Å². The molecule has 40 heavy (non-hydrogen) atoms. The van der Waals surface area contributed by atoms with Crippen LogP contribution in [0, 0.1) is 13.8 Å². The number of benzene rings is 3. The maximum absolute atomic E-state index is 14.1. The lowest BCUT2D eigenvalue weighted by atomic mass is 10.1. The minimum atomic E-state index is -4.18. The van der Waals surface area contributed by atoms with E-state index in [0.29, 0.717) is 6.42 Å². The summed E-state index contributed by atoms with van der Waals surface area (Å²) in [4.78, 5) is 28.9. The standard InChI is InChI=1S/C31H38ClN3O4S/c1-6-24(5)33-31(37)28(7-2)34(20-25-16-12-22(3)13-17-25)30(36)21-35(29-11-9-8-10-27(29)32)40(38,39)26-18-14-23(4)15-19-26/h8-19,24,28H,6-7,20-21H2,1-5H3,(H,33,37)/t24-,28+/m0/s1. The van der Waals surface area contributed by atoms with Crippen LogP contribution in [-0.2, 0) is 26.2 Å². The Bertz CT molecular complexity index is 1410. The maximum atomic E-state index is 14.1. The van der Waals surface area contributed by atoms with Crippen LogP contribution in [0.2, 0.25) is 5.02 Å². The van der Waals surface area contributed by atoms with Gasteiger partial charge in [-0.3, -0.25) is 13.9 Å². The van der Waals surface area contributed by atoms with Crippen molar-refractivity contribution < 1.29 is 18.0 Å². The van der Waals surface area contributed by atoms with Gasteiger partial charge in [0.15, 0.2) is 0 Å². The average Bonchev–Trinajstić information content (AvgIpc) is 2.93. The number of nitrogens with one attached hydrogen (secondary N) is 1. The van der Waals surface area contributed by atoms with Gasteiger partial charge in [0.1, 0.15) is 12.6 Å². The van der Waals surface area contributed by atoms with Crippen LogP contribution in [0.15, 0.2) is 77.7 Å². The van der Waals surface area contributed by atoms with Crippen LogP contribution in [0.1, 0.15) is 50.3 Å². The Hall–Kier alpha value is -3.36. The molecule has 0 aromatic heterocycles. The Kier molecular flexibility index (Phi) is 10.8. The van der Waals surface area contributed by atoms with Gasteiger partial charge >= 0.3 is 0 Å². The van der Waals surface area contributed by atoms with Gasteiger partial charge in [-0.15, -0.1) is 0 Å². The highest BCUT2D eigenvalue weighted by molar-refractivity contribution is 7.92. The van der Waals surface area contributed by atoms with Crippen molar-refractivity contribution in [3.05, 3.63) is 94.5 Å². The number of amides is 2. The first-order valence-corrected chi connectivity index (χ1v) is 15.3. The van der Waals surface area contributed by atoms with E-state index >= 15 is 0 Å². The Morgan fingerprint density at radius 2 is 1.45 bits per heavy atom. The number of carbonyl (C=O) groups excluding carboxylic acids is 2. The van der Waals surface area contributed by atoms with Gasteiger partial charge in [-0.05, 0) is 63.4 Å². The molecule has 7 nitrogen and oxygen atoms in total. The Labute approximate surface area is 243 Å². The summed E-state index contributed by atoms with van der Waals surface area (Å²) in [6, 6.07) is 19.8. The number of nitrogens with zero attached hydrogens (tertiary/aromatic N) is 2. The first-order chi connectivity index (χ1) is 19.0. The highest BCUT2D eigenvalue weighted by Crippen LogP contribution is 2.31. The Balaban J connectivity index is 2.06. The van der Waals surface area contributed by atoms with E-state index in [2.05, 4.69) is 5.32 Å². The molecule has 0 heterocycles. The summed E-state index contributed by atoms with van der Waals surface area (Å²) in [5.74, 6) is -0.787. The lowest BCUT2D eigenvalue weighted by Gasteiger charge is -2.34. The normalized spacial score (nSPS) is 12.8. The zero-order valence-corrected chi connectivity index (χ0v) is 25.3. The minimum Gasteiger partial charge on any atom is -0.352 e.